The number of methoxy groups -OCH3 is 1. The van der Waals surface area contributed by atoms with E-state index in [0.29, 0.717) is 5.75 Å². The fourth-order valence-electron chi connectivity index (χ4n) is 2.49. The number of ether oxygens (including phenoxy) is 1. The summed E-state index contributed by atoms with van der Waals surface area (Å²) < 4.78 is 32.8. The SMILES string of the molecule is COc1ccc(S(=O)(=O)NC2CCCNC2C)cc1C.Cl. The van der Waals surface area contributed by atoms with Gasteiger partial charge in [-0.25, -0.2) is 13.1 Å². The molecule has 21 heavy (non-hydrogen) atoms. The molecule has 1 aliphatic rings. The predicted octanol–water partition coefficient (Wildman–Crippen LogP) is 1.84. The van der Waals surface area contributed by atoms with Crippen LogP contribution in [0.5, 0.6) is 5.75 Å². The van der Waals surface area contributed by atoms with Crippen molar-refractivity contribution < 1.29 is 13.2 Å². The second-order valence-electron chi connectivity index (χ2n) is 5.24. The number of hydrogen-bond acceptors (Lipinski definition) is 4. The van der Waals surface area contributed by atoms with Crippen LogP contribution in [-0.2, 0) is 10.0 Å². The number of halogens is 1. The minimum Gasteiger partial charge on any atom is -0.496 e. The minimum absolute atomic E-state index is 0. The highest BCUT2D eigenvalue weighted by molar-refractivity contribution is 7.89. The Kier molecular flexibility index (Phi) is 6.46. The molecule has 2 rings (SSSR count). The van der Waals surface area contributed by atoms with Crippen molar-refractivity contribution in [2.45, 2.75) is 43.7 Å². The number of piperidine rings is 1. The van der Waals surface area contributed by atoms with Crippen LogP contribution in [-0.4, -0.2) is 34.2 Å². The molecule has 1 aromatic rings. The van der Waals surface area contributed by atoms with Crippen molar-refractivity contribution in [3.8, 4) is 5.75 Å². The third-order valence-corrected chi connectivity index (χ3v) is 5.23. The van der Waals surface area contributed by atoms with Crippen molar-refractivity contribution in [2.75, 3.05) is 13.7 Å². The summed E-state index contributed by atoms with van der Waals surface area (Å²) >= 11 is 0. The zero-order chi connectivity index (χ0) is 14.8. The predicted molar refractivity (Wildman–Crippen MR) is 85.8 cm³/mol. The van der Waals surface area contributed by atoms with E-state index in [4.69, 9.17) is 4.74 Å². The molecule has 0 saturated carbocycles. The molecule has 1 heterocycles. The summed E-state index contributed by atoms with van der Waals surface area (Å²) in [5, 5.41) is 3.29. The number of aryl methyl sites for hydroxylation is 1. The van der Waals surface area contributed by atoms with Gasteiger partial charge in [-0.1, -0.05) is 0 Å². The minimum atomic E-state index is -3.49. The lowest BCUT2D eigenvalue weighted by atomic mass is 10.0. The van der Waals surface area contributed by atoms with E-state index in [1.807, 2.05) is 13.8 Å². The molecule has 1 saturated heterocycles. The van der Waals surface area contributed by atoms with Gasteiger partial charge in [0, 0.05) is 12.1 Å². The number of benzene rings is 1. The maximum atomic E-state index is 12.4. The topological polar surface area (TPSA) is 67.4 Å². The van der Waals surface area contributed by atoms with E-state index in [1.54, 1.807) is 25.3 Å². The summed E-state index contributed by atoms with van der Waals surface area (Å²) in [5.74, 6) is 0.691. The molecule has 1 fully saturated rings. The first-order valence-electron chi connectivity index (χ1n) is 6.84. The van der Waals surface area contributed by atoms with Crippen molar-refractivity contribution in [2.24, 2.45) is 0 Å². The van der Waals surface area contributed by atoms with E-state index in [1.165, 1.54) is 0 Å². The highest BCUT2D eigenvalue weighted by atomic mass is 35.5. The molecule has 0 aliphatic carbocycles. The number of rotatable bonds is 4. The van der Waals surface area contributed by atoms with Crippen LogP contribution in [0.3, 0.4) is 0 Å². The van der Waals surface area contributed by atoms with Gasteiger partial charge < -0.3 is 10.1 Å². The molecule has 2 atom stereocenters. The molecule has 0 bridgehead atoms. The molecule has 0 spiro atoms. The molecule has 0 aromatic heterocycles. The van der Waals surface area contributed by atoms with Gasteiger partial charge in [-0.15, -0.1) is 12.4 Å². The molecular formula is C14H23ClN2O3S. The number of hydrogen-bond donors (Lipinski definition) is 2. The Bertz CT molecular complexity index is 578. The van der Waals surface area contributed by atoms with Crippen molar-refractivity contribution in [3.63, 3.8) is 0 Å². The normalized spacial score (nSPS) is 22.4. The number of nitrogens with one attached hydrogen (secondary N) is 2. The first-order valence-corrected chi connectivity index (χ1v) is 8.32. The summed E-state index contributed by atoms with van der Waals surface area (Å²) in [6.07, 6.45) is 1.85. The first-order chi connectivity index (χ1) is 9.44. The quantitative estimate of drug-likeness (QED) is 0.881. The molecule has 2 unspecified atom stereocenters. The number of sulfonamides is 1. The Balaban J connectivity index is 0.00000220. The van der Waals surface area contributed by atoms with E-state index in [2.05, 4.69) is 10.0 Å². The molecule has 2 N–H and O–H groups in total. The lowest BCUT2D eigenvalue weighted by Gasteiger charge is -2.30. The van der Waals surface area contributed by atoms with Gasteiger partial charge in [0.1, 0.15) is 5.75 Å². The third kappa shape index (κ3) is 4.32. The van der Waals surface area contributed by atoms with Crippen molar-refractivity contribution in [1.29, 1.82) is 0 Å². The smallest absolute Gasteiger partial charge is 0.240 e. The highest BCUT2D eigenvalue weighted by Gasteiger charge is 2.26. The van der Waals surface area contributed by atoms with Crippen LogP contribution in [0, 0.1) is 6.92 Å². The van der Waals surface area contributed by atoms with Crippen LogP contribution in [0.1, 0.15) is 25.3 Å². The fraction of sp³-hybridized carbons (Fsp3) is 0.571. The summed E-state index contributed by atoms with van der Waals surface area (Å²) in [7, 11) is -1.91. The summed E-state index contributed by atoms with van der Waals surface area (Å²) in [5.41, 5.74) is 0.810. The molecule has 7 heteroatoms. The van der Waals surface area contributed by atoms with E-state index in [-0.39, 0.29) is 29.4 Å². The molecule has 0 radical (unpaired) electrons. The van der Waals surface area contributed by atoms with Gasteiger partial charge in [0.05, 0.1) is 12.0 Å². The highest BCUT2D eigenvalue weighted by Crippen LogP contribution is 2.22. The van der Waals surface area contributed by atoms with Crippen LogP contribution < -0.4 is 14.8 Å². The van der Waals surface area contributed by atoms with E-state index in [9.17, 15) is 8.42 Å². The van der Waals surface area contributed by atoms with E-state index < -0.39 is 10.0 Å². The van der Waals surface area contributed by atoms with Crippen LogP contribution >= 0.6 is 12.4 Å². The Hall–Kier alpha value is -0.820. The Labute approximate surface area is 132 Å². The summed E-state index contributed by atoms with van der Waals surface area (Å²) in [6, 6.07) is 5.00. The zero-order valence-corrected chi connectivity index (χ0v) is 14.2. The zero-order valence-electron chi connectivity index (χ0n) is 12.5. The third-order valence-electron chi connectivity index (χ3n) is 3.74. The van der Waals surface area contributed by atoms with E-state index >= 15 is 0 Å². The fourth-order valence-corrected chi connectivity index (χ4v) is 3.93. The average molecular weight is 335 g/mol. The van der Waals surface area contributed by atoms with Gasteiger partial charge in [0.15, 0.2) is 0 Å². The molecule has 1 aromatic carbocycles. The van der Waals surface area contributed by atoms with Crippen LogP contribution in [0.2, 0.25) is 0 Å². The van der Waals surface area contributed by atoms with Crippen LogP contribution in [0.25, 0.3) is 0 Å². The van der Waals surface area contributed by atoms with Crippen LogP contribution in [0.15, 0.2) is 23.1 Å². The van der Waals surface area contributed by atoms with Gasteiger partial charge >= 0.3 is 0 Å². The summed E-state index contributed by atoms with van der Waals surface area (Å²) in [6.45, 7) is 4.79. The van der Waals surface area contributed by atoms with Crippen molar-refractivity contribution >= 4 is 22.4 Å². The van der Waals surface area contributed by atoms with Gasteiger partial charge in [-0.2, -0.15) is 0 Å². The van der Waals surface area contributed by atoms with Gasteiger partial charge in [-0.3, -0.25) is 0 Å². The molecule has 5 nitrogen and oxygen atoms in total. The Morgan fingerprint density at radius 1 is 1.38 bits per heavy atom. The lowest BCUT2D eigenvalue weighted by molar-refractivity contribution is 0.349. The first kappa shape index (κ1) is 18.2. The monoisotopic (exact) mass is 334 g/mol. The Morgan fingerprint density at radius 2 is 2.10 bits per heavy atom. The van der Waals surface area contributed by atoms with Crippen molar-refractivity contribution in [3.05, 3.63) is 23.8 Å². The van der Waals surface area contributed by atoms with E-state index in [0.717, 1.165) is 24.9 Å². The molecule has 120 valence electrons. The maximum Gasteiger partial charge on any atom is 0.240 e. The lowest BCUT2D eigenvalue weighted by Crippen LogP contribution is -2.51. The second kappa shape index (κ2) is 7.45. The van der Waals surface area contributed by atoms with Crippen LogP contribution in [0.4, 0.5) is 0 Å². The van der Waals surface area contributed by atoms with Gasteiger partial charge in [0.2, 0.25) is 10.0 Å². The maximum absolute atomic E-state index is 12.4. The molecular weight excluding hydrogens is 312 g/mol. The van der Waals surface area contributed by atoms with Gasteiger partial charge in [0.25, 0.3) is 0 Å². The average Bonchev–Trinajstić information content (AvgIpc) is 2.41. The second-order valence-corrected chi connectivity index (χ2v) is 6.96. The van der Waals surface area contributed by atoms with Gasteiger partial charge in [-0.05, 0) is 57.0 Å². The summed E-state index contributed by atoms with van der Waals surface area (Å²) in [4.78, 5) is 0.286. The standard InChI is InChI=1S/C14H22N2O3S.ClH/c1-10-9-12(6-7-14(10)19-3)20(17,18)16-13-5-4-8-15-11(13)2;/h6-7,9,11,13,15-16H,4-5,8H2,1-3H3;1H. The molecule has 1 aliphatic heterocycles. The largest absolute Gasteiger partial charge is 0.496 e. The van der Waals surface area contributed by atoms with Crippen molar-refractivity contribution in [1.82, 2.24) is 10.0 Å². The molecule has 0 amide bonds. The Morgan fingerprint density at radius 3 is 2.67 bits per heavy atom.